The van der Waals surface area contributed by atoms with Crippen LogP contribution in [-0.2, 0) is 42.9 Å². The van der Waals surface area contributed by atoms with Crippen LogP contribution >= 0.6 is 0 Å². The first kappa shape index (κ1) is 18.9. The van der Waals surface area contributed by atoms with Crippen LogP contribution in [0.5, 0.6) is 0 Å². The molecule has 0 amide bonds. The second-order valence-corrected chi connectivity index (χ2v) is 4.97. The van der Waals surface area contributed by atoms with Crippen LogP contribution in [0, 0.1) is 0 Å². The van der Waals surface area contributed by atoms with Crippen molar-refractivity contribution in [1.29, 1.82) is 0 Å². The lowest BCUT2D eigenvalue weighted by atomic mass is 9.99. The molecule has 0 aromatic heterocycles. The third-order valence-electron chi connectivity index (χ3n) is 2.90. The van der Waals surface area contributed by atoms with Gasteiger partial charge < -0.3 is 23.7 Å². The van der Waals surface area contributed by atoms with Gasteiger partial charge in [-0.3, -0.25) is 19.2 Å². The van der Waals surface area contributed by atoms with Crippen LogP contribution in [-0.4, -0.2) is 61.5 Å². The number of carbonyl (C=O) groups is 4. The Labute approximate surface area is 133 Å². The van der Waals surface area contributed by atoms with Crippen molar-refractivity contribution in [2.45, 2.75) is 52.1 Å². The fourth-order valence-electron chi connectivity index (χ4n) is 2.16. The van der Waals surface area contributed by atoms with Gasteiger partial charge in [-0.15, -0.1) is 0 Å². The molecule has 1 rings (SSSR count). The molecule has 0 spiro atoms. The van der Waals surface area contributed by atoms with Gasteiger partial charge in [-0.2, -0.15) is 0 Å². The SMILES string of the molecule is CC(=O)OC[C@H]1OCC(OC(C)=O)[C@@H](OC(C)=O)[C@H]1OC(C)=O. The van der Waals surface area contributed by atoms with Crippen molar-refractivity contribution >= 4 is 23.9 Å². The summed E-state index contributed by atoms with van der Waals surface area (Å²) in [7, 11) is 0. The molecule has 130 valence electrons. The van der Waals surface area contributed by atoms with Crippen LogP contribution < -0.4 is 0 Å². The molecular weight excluding hydrogens is 312 g/mol. The summed E-state index contributed by atoms with van der Waals surface area (Å²) in [5.41, 5.74) is 0. The third-order valence-corrected chi connectivity index (χ3v) is 2.90. The second-order valence-electron chi connectivity index (χ2n) is 4.97. The Morgan fingerprint density at radius 2 is 1.35 bits per heavy atom. The van der Waals surface area contributed by atoms with Crippen LogP contribution in [0.2, 0.25) is 0 Å². The van der Waals surface area contributed by atoms with E-state index in [4.69, 9.17) is 23.7 Å². The lowest BCUT2D eigenvalue weighted by Gasteiger charge is -2.40. The van der Waals surface area contributed by atoms with E-state index in [1.54, 1.807) is 0 Å². The van der Waals surface area contributed by atoms with E-state index in [1.165, 1.54) is 27.7 Å². The molecule has 1 heterocycles. The molecule has 4 atom stereocenters. The van der Waals surface area contributed by atoms with E-state index >= 15 is 0 Å². The highest BCUT2D eigenvalue weighted by Crippen LogP contribution is 2.24. The van der Waals surface area contributed by atoms with Gasteiger partial charge in [0.15, 0.2) is 18.3 Å². The van der Waals surface area contributed by atoms with Gasteiger partial charge in [0.05, 0.1) is 6.61 Å². The Morgan fingerprint density at radius 1 is 0.826 bits per heavy atom. The summed E-state index contributed by atoms with van der Waals surface area (Å²) in [4.78, 5) is 44.8. The molecule has 0 N–H and O–H groups in total. The van der Waals surface area contributed by atoms with Crippen LogP contribution in [0.25, 0.3) is 0 Å². The summed E-state index contributed by atoms with van der Waals surface area (Å²) in [6.45, 7) is 4.46. The molecule has 0 radical (unpaired) electrons. The van der Waals surface area contributed by atoms with Crippen LogP contribution in [0.3, 0.4) is 0 Å². The molecule has 1 aliphatic heterocycles. The largest absolute Gasteiger partial charge is 0.463 e. The second kappa shape index (κ2) is 8.47. The maximum Gasteiger partial charge on any atom is 0.303 e. The molecule has 1 aliphatic rings. The Morgan fingerprint density at radius 3 is 1.83 bits per heavy atom. The first-order valence-electron chi connectivity index (χ1n) is 6.97. The molecule has 1 saturated heterocycles. The van der Waals surface area contributed by atoms with Crippen LogP contribution in [0.15, 0.2) is 0 Å². The predicted molar refractivity (Wildman–Crippen MR) is 73.0 cm³/mol. The van der Waals surface area contributed by atoms with Crippen LogP contribution in [0.4, 0.5) is 0 Å². The highest BCUT2D eigenvalue weighted by Gasteiger charge is 2.47. The fourth-order valence-corrected chi connectivity index (χ4v) is 2.16. The average Bonchev–Trinajstić information content (AvgIpc) is 2.39. The first-order chi connectivity index (χ1) is 10.7. The van der Waals surface area contributed by atoms with Gasteiger partial charge in [-0.05, 0) is 0 Å². The smallest absolute Gasteiger partial charge is 0.303 e. The first-order valence-corrected chi connectivity index (χ1v) is 6.97. The predicted octanol–water partition coefficient (Wildman–Crippen LogP) is -0.257. The molecule has 23 heavy (non-hydrogen) atoms. The van der Waals surface area contributed by atoms with Gasteiger partial charge in [0.25, 0.3) is 0 Å². The Kier molecular flexibility index (Phi) is 6.95. The molecule has 9 heteroatoms. The van der Waals surface area contributed by atoms with E-state index < -0.39 is 48.3 Å². The minimum atomic E-state index is -1.08. The summed E-state index contributed by atoms with van der Waals surface area (Å²) in [6, 6.07) is 0. The number of ether oxygens (including phenoxy) is 5. The number of esters is 4. The highest BCUT2D eigenvalue weighted by molar-refractivity contribution is 5.68. The summed E-state index contributed by atoms with van der Waals surface area (Å²) in [5, 5.41) is 0. The van der Waals surface area contributed by atoms with Crippen molar-refractivity contribution in [3.63, 3.8) is 0 Å². The van der Waals surface area contributed by atoms with Gasteiger partial charge in [-0.1, -0.05) is 0 Å². The van der Waals surface area contributed by atoms with Gasteiger partial charge in [0.1, 0.15) is 12.7 Å². The Hall–Kier alpha value is -2.16. The monoisotopic (exact) mass is 332 g/mol. The van der Waals surface area contributed by atoms with Gasteiger partial charge >= 0.3 is 23.9 Å². The minimum Gasteiger partial charge on any atom is -0.463 e. The summed E-state index contributed by atoms with van der Waals surface area (Å²) < 4.78 is 25.6. The molecule has 1 unspecified atom stereocenters. The maximum absolute atomic E-state index is 11.3. The van der Waals surface area contributed by atoms with Gasteiger partial charge in [0.2, 0.25) is 0 Å². The number of hydrogen-bond donors (Lipinski definition) is 0. The average molecular weight is 332 g/mol. The van der Waals surface area contributed by atoms with Crippen molar-refractivity contribution in [2.75, 3.05) is 13.2 Å². The molecule has 9 nitrogen and oxygen atoms in total. The summed E-state index contributed by atoms with van der Waals surface area (Å²) in [5.74, 6) is -2.43. The van der Waals surface area contributed by atoms with Crippen molar-refractivity contribution in [2.24, 2.45) is 0 Å². The zero-order valence-electron chi connectivity index (χ0n) is 13.4. The zero-order chi connectivity index (χ0) is 17.6. The van der Waals surface area contributed by atoms with Crippen molar-refractivity contribution in [3.8, 4) is 0 Å². The summed E-state index contributed by atoms with van der Waals surface area (Å²) >= 11 is 0. The normalized spacial score (nSPS) is 26.8. The van der Waals surface area contributed by atoms with Crippen molar-refractivity contribution in [3.05, 3.63) is 0 Å². The quantitative estimate of drug-likeness (QED) is 0.496. The Balaban J connectivity index is 2.98. The fraction of sp³-hybridized carbons (Fsp3) is 0.714. The van der Waals surface area contributed by atoms with E-state index in [0.717, 1.165) is 0 Å². The van der Waals surface area contributed by atoms with E-state index in [1.807, 2.05) is 0 Å². The molecular formula is C14H20O9. The number of hydrogen-bond acceptors (Lipinski definition) is 9. The van der Waals surface area contributed by atoms with Crippen molar-refractivity contribution in [1.82, 2.24) is 0 Å². The zero-order valence-corrected chi connectivity index (χ0v) is 13.4. The molecule has 0 bridgehead atoms. The molecule has 0 saturated carbocycles. The van der Waals surface area contributed by atoms with E-state index in [2.05, 4.69) is 0 Å². The van der Waals surface area contributed by atoms with Crippen molar-refractivity contribution < 1.29 is 42.9 Å². The van der Waals surface area contributed by atoms with Crippen LogP contribution in [0.1, 0.15) is 27.7 Å². The summed E-state index contributed by atoms with van der Waals surface area (Å²) in [6.07, 6.45) is -3.92. The number of carbonyl (C=O) groups excluding carboxylic acids is 4. The number of rotatable bonds is 5. The third kappa shape index (κ3) is 6.23. The molecule has 1 fully saturated rings. The lowest BCUT2D eigenvalue weighted by molar-refractivity contribution is -0.231. The van der Waals surface area contributed by atoms with E-state index in [9.17, 15) is 19.2 Å². The van der Waals surface area contributed by atoms with E-state index in [0.29, 0.717) is 0 Å². The standard InChI is InChI=1S/C14H20O9/c1-7(15)19-5-11-13(22-9(3)17)14(23-10(4)18)12(6-20-11)21-8(2)16/h11-14H,5-6H2,1-4H3/t11-,12?,13+,14-/m1/s1. The molecule has 0 aliphatic carbocycles. The minimum absolute atomic E-state index is 0.0960. The Bertz CT molecular complexity index is 473. The maximum atomic E-state index is 11.3. The molecule has 0 aromatic rings. The molecule has 0 aromatic carbocycles. The highest BCUT2D eigenvalue weighted by atomic mass is 16.7. The van der Waals surface area contributed by atoms with E-state index in [-0.39, 0.29) is 13.2 Å². The topological polar surface area (TPSA) is 114 Å². The van der Waals surface area contributed by atoms with Gasteiger partial charge in [-0.25, -0.2) is 0 Å². The lowest BCUT2D eigenvalue weighted by Crippen LogP contribution is -2.58. The van der Waals surface area contributed by atoms with Gasteiger partial charge in [0, 0.05) is 27.7 Å².